The standard InChI is InChI=1S/C18H21N3O4S.ClH/c22-17-12-19-10-14(17)11-20-18(23)13-6-8-15(9-7-13)21-26(24,25)16-4-2-1-3-5-16;/h1-9,14,17,19,21-22H,10-12H2,(H,20,23);1H. The molecule has 7 nitrogen and oxygen atoms in total. The molecule has 146 valence electrons. The lowest BCUT2D eigenvalue weighted by atomic mass is 10.1. The second kappa shape index (κ2) is 9.18. The van der Waals surface area contributed by atoms with E-state index in [0.717, 1.165) is 0 Å². The minimum absolute atomic E-state index is 0. The number of hydrogen-bond acceptors (Lipinski definition) is 5. The first kappa shape index (κ1) is 21.2. The fourth-order valence-corrected chi connectivity index (χ4v) is 3.84. The van der Waals surface area contributed by atoms with Gasteiger partial charge >= 0.3 is 0 Å². The number of nitrogens with one attached hydrogen (secondary N) is 3. The lowest BCUT2D eigenvalue weighted by Gasteiger charge is -2.14. The molecule has 2 aromatic rings. The van der Waals surface area contributed by atoms with E-state index in [1.165, 1.54) is 12.1 Å². The zero-order valence-electron chi connectivity index (χ0n) is 14.5. The molecule has 2 unspecified atom stereocenters. The lowest BCUT2D eigenvalue weighted by Crippen LogP contribution is -2.34. The molecule has 0 spiro atoms. The maximum atomic E-state index is 12.3. The van der Waals surface area contributed by atoms with Crippen molar-refractivity contribution in [2.24, 2.45) is 5.92 Å². The molecule has 2 aromatic carbocycles. The Morgan fingerprint density at radius 1 is 1.07 bits per heavy atom. The van der Waals surface area contributed by atoms with Gasteiger partial charge in [-0.25, -0.2) is 8.42 Å². The third kappa shape index (κ3) is 5.43. The molecule has 1 aliphatic heterocycles. The summed E-state index contributed by atoms with van der Waals surface area (Å²) in [6.07, 6.45) is -0.454. The summed E-state index contributed by atoms with van der Waals surface area (Å²) >= 11 is 0. The van der Waals surface area contributed by atoms with Gasteiger partial charge < -0.3 is 15.7 Å². The minimum Gasteiger partial charge on any atom is -0.391 e. The fraction of sp³-hybridized carbons (Fsp3) is 0.278. The van der Waals surface area contributed by atoms with Gasteiger partial charge in [0.05, 0.1) is 11.0 Å². The molecule has 1 fully saturated rings. The minimum atomic E-state index is -3.66. The van der Waals surface area contributed by atoms with E-state index in [1.54, 1.807) is 42.5 Å². The highest BCUT2D eigenvalue weighted by atomic mass is 35.5. The van der Waals surface area contributed by atoms with Crippen LogP contribution in [-0.2, 0) is 10.0 Å². The quantitative estimate of drug-likeness (QED) is 0.571. The summed E-state index contributed by atoms with van der Waals surface area (Å²) in [5.74, 6) is -0.266. The van der Waals surface area contributed by atoms with Crippen molar-refractivity contribution >= 4 is 34.0 Å². The van der Waals surface area contributed by atoms with Crippen LogP contribution in [0, 0.1) is 5.92 Å². The number of rotatable bonds is 6. The number of hydrogen-bond donors (Lipinski definition) is 4. The number of halogens is 1. The van der Waals surface area contributed by atoms with Crippen LogP contribution in [0.2, 0.25) is 0 Å². The Balaban J connectivity index is 0.00000261. The van der Waals surface area contributed by atoms with Crippen molar-refractivity contribution in [2.45, 2.75) is 11.0 Å². The Labute approximate surface area is 164 Å². The van der Waals surface area contributed by atoms with Crippen molar-refractivity contribution in [2.75, 3.05) is 24.4 Å². The Morgan fingerprint density at radius 2 is 1.74 bits per heavy atom. The van der Waals surface area contributed by atoms with Crippen LogP contribution in [-0.4, -0.2) is 45.2 Å². The molecule has 3 rings (SSSR count). The van der Waals surface area contributed by atoms with E-state index in [-0.39, 0.29) is 29.1 Å². The molecule has 0 radical (unpaired) electrons. The number of benzene rings is 2. The third-order valence-electron chi connectivity index (χ3n) is 4.28. The number of sulfonamides is 1. The van der Waals surface area contributed by atoms with Gasteiger partial charge in [0.25, 0.3) is 15.9 Å². The number of β-amino-alcohol motifs (C(OH)–C–C–N with tert-alkyl or cyclic N) is 1. The molecule has 1 aliphatic rings. The number of carbonyl (C=O) groups excluding carboxylic acids is 1. The summed E-state index contributed by atoms with van der Waals surface area (Å²) in [7, 11) is -3.66. The zero-order chi connectivity index (χ0) is 18.6. The normalized spacial score (nSPS) is 19.1. The molecule has 0 aliphatic carbocycles. The summed E-state index contributed by atoms with van der Waals surface area (Å²) in [6, 6.07) is 14.3. The molecule has 1 heterocycles. The maximum Gasteiger partial charge on any atom is 0.261 e. The number of aliphatic hydroxyl groups is 1. The van der Waals surface area contributed by atoms with Crippen molar-refractivity contribution in [1.29, 1.82) is 0 Å². The molecule has 1 amide bonds. The molecule has 0 saturated carbocycles. The molecule has 1 saturated heterocycles. The van der Waals surface area contributed by atoms with Crippen molar-refractivity contribution < 1.29 is 18.3 Å². The van der Waals surface area contributed by atoms with Crippen molar-refractivity contribution in [1.82, 2.24) is 10.6 Å². The summed E-state index contributed by atoms with van der Waals surface area (Å²) in [5, 5.41) is 15.6. The summed E-state index contributed by atoms with van der Waals surface area (Å²) in [5.41, 5.74) is 0.800. The van der Waals surface area contributed by atoms with Gasteiger partial charge in [-0.15, -0.1) is 12.4 Å². The number of carbonyl (C=O) groups is 1. The van der Waals surface area contributed by atoms with Gasteiger partial charge in [0.15, 0.2) is 0 Å². The van der Waals surface area contributed by atoms with Crippen molar-refractivity contribution in [3.63, 3.8) is 0 Å². The van der Waals surface area contributed by atoms with Gasteiger partial charge in [-0.2, -0.15) is 0 Å². The van der Waals surface area contributed by atoms with Gasteiger partial charge in [-0.05, 0) is 36.4 Å². The van der Waals surface area contributed by atoms with E-state index in [9.17, 15) is 18.3 Å². The largest absolute Gasteiger partial charge is 0.391 e. The van der Waals surface area contributed by atoms with Crippen LogP contribution < -0.4 is 15.4 Å². The predicted molar refractivity (Wildman–Crippen MR) is 106 cm³/mol. The van der Waals surface area contributed by atoms with E-state index in [4.69, 9.17) is 0 Å². The Hall–Kier alpha value is -2.13. The number of amides is 1. The molecular formula is C18H22ClN3O4S. The Kier molecular flexibility index (Phi) is 7.20. The zero-order valence-corrected chi connectivity index (χ0v) is 16.1. The molecule has 0 bridgehead atoms. The number of anilines is 1. The van der Waals surface area contributed by atoms with E-state index < -0.39 is 16.1 Å². The van der Waals surface area contributed by atoms with E-state index in [2.05, 4.69) is 15.4 Å². The number of aliphatic hydroxyl groups excluding tert-OH is 1. The van der Waals surface area contributed by atoms with Gasteiger partial charge in [0.2, 0.25) is 0 Å². The highest BCUT2D eigenvalue weighted by Gasteiger charge is 2.25. The highest BCUT2D eigenvalue weighted by molar-refractivity contribution is 7.92. The Morgan fingerprint density at radius 3 is 2.33 bits per heavy atom. The molecule has 27 heavy (non-hydrogen) atoms. The van der Waals surface area contributed by atoms with Gasteiger partial charge in [0.1, 0.15) is 0 Å². The summed E-state index contributed by atoms with van der Waals surface area (Å²) in [6.45, 7) is 1.59. The van der Waals surface area contributed by atoms with Crippen LogP contribution in [0.1, 0.15) is 10.4 Å². The van der Waals surface area contributed by atoms with Crippen LogP contribution in [0.25, 0.3) is 0 Å². The first-order valence-electron chi connectivity index (χ1n) is 8.30. The van der Waals surface area contributed by atoms with Gasteiger partial charge in [0, 0.05) is 36.8 Å². The fourth-order valence-electron chi connectivity index (χ4n) is 2.76. The average molecular weight is 412 g/mol. The third-order valence-corrected chi connectivity index (χ3v) is 5.68. The van der Waals surface area contributed by atoms with Crippen LogP contribution in [0.5, 0.6) is 0 Å². The smallest absolute Gasteiger partial charge is 0.261 e. The van der Waals surface area contributed by atoms with Crippen molar-refractivity contribution in [3.05, 3.63) is 60.2 Å². The summed E-state index contributed by atoms with van der Waals surface area (Å²) in [4.78, 5) is 12.3. The second-order valence-corrected chi connectivity index (χ2v) is 7.87. The SMILES string of the molecule is Cl.O=C(NCC1CNCC1O)c1ccc(NS(=O)(=O)c2ccccc2)cc1. The molecular weight excluding hydrogens is 390 g/mol. The molecule has 9 heteroatoms. The van der Waals surface area contributed by atoms with Crippen LogP contribution >= 0.6 is 12.4 Å². The first-order valence-corrected chi connectivity index (χ1v) is 9.79. The first-order chi connectivity index (χ1) is 12.5. The van der Waals surface area contributed by atoms with Crippen LogP contribution in [0.4, 0.5) is 5.69 Å². The van der Waals surface area contributed by atoms with Crippen molar-refractivity contribution in [3.8, 4) is 0 Å². The van der Waals surface area contributed by atoms with E-state index in [1.807, 2.05) is 0 Å². The molecule has 2 atom stereocenters. The molecule has 4 N–H and O–H groups in total. The topological polar surface area (TPSA) is 108 Å². The predicted octanol–water partition coefficient (Wildman–Crippen LogP) is 1.22. The average Bonchev–Trinajstić information content (AvgIpc) is 3.06. The maximum absolute atomic E-state index is 12.3. The second-order valence-electron chi connectivity index (χ2n) is 6.19. The monoisotopic (exact) mass is 411 g/mol. The van der Waals surface area contributed by atoms with Crippen LogP contribution in [0.15, 0.2) is 59.5 Å². The lowest BCUT2D eigenvalue weighted by molar-refractivity contribution is 0.0927. The highest BCUT2D eigenvalue weighted by Crippen LogP contribution is 2.16. The summed E-state index contributed by atoms with van der Waals surface area (Å²) < 4.78 is 27.0. The van der Waals surface area contributed by atoms with Gasteiger partial charge in [-0.3, -0.25) is 9.52 Å². The van der Waals surface area contributed by atoms with Crippen LogP contribution in [0.3, 0.4) is 0 Å². The van der Waals surface area contributed by atoms with E-state index >= 15 is 0 Å². The molecule has 0 aromatic heterocycles. The Bertz CT molecular complexity index is 860. The van der Waals surface area contributed by atoms with Gasteiger partial charge in [-0.1, -0.05) is 18.2 Å². The van der Waals surface area contributed by atoms with E-state index in [0.29, 0.717) is 30.9 Å².